The Labute approximate surface area is 113 Å². The van der Waals surface area contributed by atoms with Gasteiger partial charge in [0.25, 0.3) is 0 Å². The maximum Gasteiger partial charge on any atom is 0.310 e. The second kappa shape index (κ2) is 6.16. The number of aliphatic carboxylic acids is 1. The summed E-state index contributed by atoms with van der Waals surface area (Å²) in [6, 6.07) is 8.77. The van der Waals surface area contributed by atoms with Crippen LogP contribution in [0.3, 0.4) is 0 Å². The Morgan fingerprint density at radius 1 is 1.32 bits per heavy atom. The van der Waals surface area contributed by atoms with E-state index in [1.165, 1.54) is 6.92 Å². The first kappa shape index (κ1) is 15.7. The predicted molar refractivity (Wildman–Crippen MR) is 73.1 cm³/mol. The highest BCUT2D eigenvalue weighted by molar-refractivity contribution is 7.88. The molecule has 1 aromatic carbocycles. The van der Waals surface area contributed by atoms with Crippen LogP contribution >= 0.6 is 0 Å². The molecule has 1 aromatic rings. The molecule has 19 heavy (non-hydrogen) atoms. The van der Waals surface area contributed by atoms with Crippen LogP contribution in [0.15, 0.2) is 30.3 Å². The van der Waals surface area contributed by atoms with Crippen molar-refractivity contribution in [1.29, 1.82) is 0 Å². The normalized spacial score (nSPS) is 14.8. The van der Waals surface area contributed by atoms with E-state index in [9.17, 15) is 13.2 Å². The van der Waals surface area contributed by atoms with Gasteiger partial charge < -0.3 is 5.11 Å². The fourth-order valence-electron chi connectivity index (χ4n) is 1.47. The average molecular weight is 285 g/mol. The lowest BCUT2D eigenvalue weighted by Crippen LogP contribution is -2.40. The Morgan fingerprint density at radius 2 is 1.89 bits per heavy atom. The number of hydrogen-bond acceptors (Lipinski definition) is 3. The number of rotatable bonds is 7. The van der Waals surface area contributed by atoms with E-state index >= 15 is 0 Å². The number of carbonyl (C=O) groups is 1. The van der Waals surface area contributed by atoms with E-state index in [0.717, 1.165) is 0 Å². The van der Waals surface area contributed by atoms with Crippen LogP contribution < -0.4 is 4.72 Å². The molecule has 2 N–H and O–H groups in total. The number of nitrogens with one attached hydrogen (secondary N) is 1. The number of carboxylic acids is 1. The summed E-state index contributed by atoms with van der Waals surface area (Å²) in [6.07, 6.45) is 0.357. The first-order valence-electron chi connectivity index (χ1n) is 6.04. The molecule has 0 spiro atoms. The van der Waals surface area contributed by atoms with Crippen molar-refractivity contribution in [1.82, 2.24) is 4.72 Å². The predicted octanol–water partition coefficient (Wildman–Crippen LogP) is 1.61. The minimum Gasteiger partial charge on any atom is -0.481 e. The molecule has 0 saturated heterocycles. The molecule has 0 heterocycles. The second-order valence-corrected chi connectivity index (χ2v) is 6.59. The minimum absolute atomic E-state index is 0.103. The first-order chi connectivity index (χ1) is 8.79. The van der Waals surface area contributed by atoms with Gasteiger partial charge in [-0.3, -0.25) is 4.79 Å². The molecule has 0 aliphatic heterocycles. The SMILES string of the molecule is CCC(C)(CNS(=O)(=O)Cc1ccccc1)C(=O)O. The Morgan fingerprint density at radius 3 is 2.37 bits per heavy atom. The Kier molecular flexibility index (Phi) is 5.08. The molecule has 0 saturated carbocycles. The van der Waals surface area contributed by atoms with Gasteiger partial charge in [-0.25, -0.2) is 13.1 Å². The maximum absolute atomic E-state index is 11.9. The van der Waals surface area contributed by atoms with Gasteiger partial charge in [-0.05, 0) is 18.9 Å². The highest BCUT2D eigenvalue weighted by atomic mass is 32.2. The quantitative estimate of drug-likeness (QED) is 0.797. The van der Waals surface area contributed by atoms with Crippen molar-refractivity contribution in [3.8, 4) is 0 Å². The smallest absolute Gasteiger partial charge is 0.310 e. The van der Waals surface area contributed by atoms with Crippen LogP contribution in [0.1, 0.15) is 25.8 Å². The van der Waals surface area contributed by atoms with Crippen molar-refractivity contribution in [2.75, 3.05) is 6.54 Å². The molecule has 1 atom stereocenters. The van der Waals surface area contributed by atoms with Gasteiger partial charge in [0.1, 0.15) is 0 Å². The minimum atomic E-state index is -3.52. The molecule has 1 rings (SSSR count). The molecular formula is C13H19NO4S. The monoisotopic (exact) mass is 285 g/mol. The highest BCUT2D eigenvalue weighted by Crippen LogP contribution is 2.20. The zero-order valence-electron chi connectivity index (χ0n) is 11.1. The summed E-state index contributed by atoms with van der Waals surface area (Å²) in [5.41, 5.74) is -0.410. The zero-order valence-corrected chi connectivity index (χ0v) is 11.9. The Bertz CT molecular complexity index is 527. The van der Waals surface area contributed by atoms with Crippen molar-refractivity contribution >= 4 is 16.0 Å². The summed E-state index contributed by atoms with van der Waals surface area (Å²) in [6.45, 7) is 3.15. The summed E-state index contributed by atoms with van der Waals surface area (Å²) < 4.78 is 26.1. The van der Waals surface area contributed by atoms with E-state index in [0.29, 0.717) is 12.0 Å². The molecule has 0 amide bonds. The van der Waals surface area contributed by atoms with Gasteiger partial charge in [-0.2, -0.15) is 0 Å². The molecule has 0 radical (unpaired) electrons. The fourth-order valence-corrected chi connectivity index (χ4v) is 2.74. The summed E-state index contributed by atoms with van der Waals surface area (Å²) in [4.78, 5) is 11.1. The molecule has 6 heteroatoms. The van der Waals surface area contributed by atoms with Gasteiger partial charge in [-0.1, -0.05) is 37.3 Å². The highest BCUT2D eigenvalue weighted by Gasteiger charge is 2.32. The number of benzene rings is 1. The van der Waals surface area contributed by atoms with Crippen LogP contribution in [0.4, 0.5) is 0 Å². The molecular weight excluding hydrogens is 266 g/mol. The van der Waals surface area contributed by atoms with Crippen LogP contribution in [0.5, 0.6) is 0 Å². The summed E-state index contributed by atoms with van der Waals surface area (Å²) in [7, 11) is -3.52. The molecule has 0 bridgehead atoms. The molecule has 5 nitrogen and oxygen atoms in total. The lowest BCUT2D eigenvalue weighted by molar-refractivity contribution is -0.147. The number of carboxylic acid groups (broad SMARTS) is 1. The number of sulfonamides is 1. The summed E-state index contributed by atoms with van der Waals surface area (Å²) in [5.74, 6) is -1.15. The van der Waals surface area contributed by atoms with Gasteiger partial charge >= 0.3 is 5.97 Å². The summed E-state index contributed by atoms with van der Waals surface area (Å²) >= 11 is 0. The molecule has 0 aromatic heterocycles. The molecule has 1 unspecified atom stereocenters. The lowest BCUT2D eigenvalue weighted by atomic mass is 9.88. The van der Waals surface area contributed by atoms with E-state index in [-0.39, 0.29) is 12.3 Å². The van der Waals surface area contributed by atoms with Gasteiger partial charge in [0, 0.05) is 6.54 Å². The topological polar surface area (TPSA) is 83.5 Å². The molecule has 106 valence electrons. The van der Waals surface area contributed by atoms with E-state index in [2.05, 4.69) is 4.72 Å². The lowest BCUT2D eigenvalue weighted by Gasteiger charge is -2.23. The Hall–Kier alpha value is -1.40. The molecule has 0 aliphatic carbocycles. The Balaban J connectivity index is 2.68. The van der Waals surface area contributed by atoms with Gasteiger partial charge in [0.05, 0.1) is 11.2 Å². The third kappa shape index (κ3) is 4.65. The van der Waals surface area contributed by atoms with Crippen LogP contribution in [0.25, 0.3) is 0 Å². The average Bonchev–Trinajstić information content (AvgIpc) is 2.36. The van der Waals surface area contributed by atoms with Crippen molar-refractivity contribution in [3.05, 3.63) is 35.9 Å². The van der Waals surface area contributed by atoms with Crippen LogP contribution in [-0.2, 0) is 20.6 Å². The van der Waals surface area contributed by atoms with E-state index in [1.807, 2.05) is 6.07 Å². The maximum atomic E-state index is 11.9. The van der Waals surface area contributed by atoms with Crippen molar-refractivity contribution in [3.63, 3.8) is 0 Å². The van der Waals surface area contributed by atoms with Crippen LogP contribution in [0, 0.1) is 5.41 Å². The van der Waals surface area contributed by atoms with Crippen LogP contribution in [-0.4, -0.2) is 26.0 Å². The number of hydrogen-bond donors (Lipinski definition) is 2. The van der Waals surface area contributed by atoms with Crippen molar-refractivity contribution in [2.24, 2.45) is 5.41 Å². The van der Waals surface area contributed by atoms with Gasteiger partial charge in [-0.15, -0.1) is 0 Å². The van der Waals surface area contributed by atoms with Crippen LogP contribution in [0.2, 0.25) is 0 Å². The van der Waals surface area contributed by atoms with E-state index < -0.39 is 21.4 Å². The fraction of sp³-hybridized carbons (Fsp3) is 0.462. The van der Waals surface area contributed by atoms with Gasteiger partial charge in [0.15, 0.2) is 0 Å². The summed E-state index contributed by atoms with van der Waals surface area (Å²) in [5, 5.41) is 9.08. The standard InChI is InChI=1S/C13H19NO4S/c1-3-13(2,12(15)16)10-14-19(17,18)9-11-7-5-4-6-8-11/h4-8,14H,3,9-10H2,1-2H3,(H,15,16). The first-order valence-corrected chi connectivity index (χ1v) is 7.69. The third-order valence-electron chi connectivity index (χ3n) is 3.18. The van der Waals surface area contributed by atoms with Gasteiger partial charge in [0.2, 0.25) is 10.0 Å². The molecule has 0 aliphatic rings. The second-order valence-electron chi connectivity index (χ2n) is 4.79. The third-order valence-corrected chi connectivity index (χ3v) is 4.48. The molecule has 0 fully saturated rings. The van der Waals surface area contributed by atoms with E-state index in [1.54, 1.807) is 31.2 Å². The van der Waals surface area contributed by atoms with Crippen molar-refractivity contribution in [2.45, 2.75) is 26.0 Å². The zero-order chi connectivity index (χ0) is 14.5. The largest absolute Gasteiger partial charge is 0.481 e. The van der Waals surface area contributed by atoms with E-state index in [4.69, 9.17) is 5.11 Å². The van der Waals surface area contributed by atoms with Crippen molar-refractivity contribution < 1.29 is 18.3 Å².